The highest BCUT2D eigenvalue weighted by Gasteiger charge is 2.34. The lowest BCUT2D eigenvalue weighted by Crippen LogP contribution is -2.43. The van der Waals surface area contributed by atoms with Gasteiger partial charge in [0, 0.05) is 24.3 Å². The van der Waals surface area contributed by atoms with Crippen molar-refractivity contribution in [1.29, 1.82) is 0 Å². The van der Waals surface area contributed by atoms with Gasteiger partial charge in [0.05, 0.1) is 5.69 Å². The predicted octanol–water partition coefficient (Wildman–Crippen LogP) is 2.10. The summed E-state index contributed by atoms with van der Waals surface area (Å²) >= 11 is 0. The van der Waals surface area contributed by atoms with Crippen molar-refractivity contribution in [2.45, 2.75) is 63.6 Å². The zero-order valence-electron chi connectivity index (χ0n) is 12.9. The molecule has 5 nitrogen and oxygen atoms in total. The van der Waals surface area contributed by atoms with Crippen molar-refractivity contribution in [3.05, 3.63) is 23.8 Å². The third kappa shape index (κ3) is 2.62. The van der Waals surface area contributed by atoms with E-state index in [9.17, 15) is 4.79 Å². The van der Waals surface area contributed by atoms with Crippen molar-refractivity contribution in [3.8, 4) is 0 Å². The van der Waals surface area contributed by atoms with Gasteiger partial charge in [0.15, 0.2) is 0 Å². The first kappa shape index (κ1) is 14.1. The second-order valence-corrected chi connectivity index (χ2v) is 7.05. The van der Waals surface area contributed by atoms with Crippen molar-refractivity contribution in [2.24, 2.45) is 11.8 Å². The summed E-state index contributed by atoms with van der Waals surface area (Å²) in [5, 5.41) is 6.48. The average Bonchev–Trinajstić information content (AvgIpc) is 2.91. The molecule has 0 aromatic carbocycles. The zero-order chi connectivity index (χ0) is 14.9. The molecule has 1 amide bonds. The minimum absolute atomic E-state index is 0.0839. The summed E-state index contributed by atoms with van der Waals surface area (Å²) < 4.78 is 0. The van der Waals surface area contributed by atoms with E-state index in [0.29, 0.717) is 12.6 Å². The van der Waals surface area contributed by atoms with Gasteiger partial charge < -0.3 is 5.32 Å². The molecule has 2 fully saturated rings. The van der Waals surface area contributed by atoms with Gasteiger partial charge in [0.25, 0.3) is 0 Å². The number of rotatable bonds is 3. The number of carbonyl (C=O) groups is 1. The molecule has 2 saturated carbocycles. The molecule has 1 unspecified atom stereocenters. The van der Waals surface area contributed by atoms with E-state index in [4.69, 9.17) is 0 Å². The van der Waals surface area contributed by atoms with Gasteiger partial charge in [-0.05, 0) is 37.5 Å². The quantitative estimate of drug-likeness (QED) is 0.897. The first-order valence-electron chi connectivity index (χ1n) is 8.64. The van der Waals surface area contributed by atoms with Gasteiger partial charge in [-0.3, -0.25) is 10.1 Å². The lowest BCUT2D eigenvalue weighted by Gasteiger charge is -2.38. The maximum atomic E-state index is 12.5. The fraction of sp³-hybridized carbons (Fsp3) is 0.706. The van der Waals surface area contributed by atoms with E-state index in [1.165, 1.54) is 32.1 Å². The molecular formula is C17H24N4O. The summed E-state index contributed by atoms with van der Waals surface area (Å²) in [7, 11) is 0. The summed E-state index contributed by atoms with van der Waals surface area (Å²) in [4.78, 5) is 20.8. The van der Waals surface area contributed by atoms with Crippen molar-refractivity contribution in [3.63, 3.8) is 0 Å². The van der Waals surface area contributed by atoms with Crippen LogP contribution >= 0.6 is 0 Å². The minimum Gasteiger partial charge on any atom is -0.352 e. The maximum absolute atomic E-state index is 12.5. The highest BCUT2D eigenvalue weighted by atomic mass is 16.2. The van der Waals surface area contributed by atoms with Crippen molar-refractivity contribution >= 4 is 5.91 Å². The summed E-state index contributed by atoms with van der Waals surface area (Å²) in [5.74, 6) is 1.98. The van der Waals surface area contributed by atoms with Crippen molar-refractivity contribution < 1.29 is 4.79 Å². The third-order valence-electron chi connectivity index (χ3n) is 5.81. The summed E-state index contributed by atoms with van der Waals surface area (Å²) in [5.41, 5.74) is 1.88. The van der Waals surface area contributed by atoms with Crippen LogP contribution in [0.1, 0.15) is 62.2 Å². The lowest BCUT2D eigenvalue weighted by molar-refractivity contribution is -0.124. The predicted molar refractivity (Wildman–Crippen MR) is 82.8 cm³/mol. The summed E-state index contributed by atoms with van der Waals surface area (Å²) in [6, 6.07) is 0.0693. The van der Waals surface area contributed by atoms with E-state index in [1.807, 2.05) is 0 Å². The molecule has 5 heteroatoms. The second kappa shape index (κ2) is 5.95. The van der Waals surface area contributed by atoms with Crippen LogP contribution in [0.15, 0.2) is 12.5 Å². The van der Waals surface area contributed by atoms with Crippen LogP contribution < -0.4 is 10.6 Å². The van der Waals surface area contributed by atoms with E-state index >= 15 is 0 Å². The smallest absolute Gasteiger partial charge is 0.242 e. The Bertz CT molecular complexity index is 549. The number of nitrogens with zero attached hydrogens (tertiary/aromatic N) is 2. The average molecular weight is 300 g/mol. The number of fused-ring (bicyclic) bond motifs is 1. The Hall–Kier alpha value is -1.49. The SMILES string of the molecule is O=C(NC1CCC(C2CCC2)CC1)C1NCc2ncncc21. The Labute approximate surface area is 131 Å². The molecule has 0 spiro atoms. The van der Waals surface area contributed by atoms with Gasteiger partial charge in [-0.25, -0.2) is 9.97 Å². The highest BCUT2D eigenvalue weighted by Crippen LogP contribution is 2.41. The lowest BCUT2D eigenvalue weighted by atomic mass is 9.69. The maximum Gasteiger partial charge on any atom is 0.242 e. The monoisotopic (exact) mass is 300 g/mol. The Morgan fingerprint density at radius 3 is 2.64 bits per heavy atom. The molecule has 1 atom stereocenters. The van der Waals surface area contributed by atoms with E-state index < -0.39 is 0 Å². The molecule has 22 heavy (non-hydrogen) atoms. The molecule has 4 rings (SSSR count). The molecule has 2 N–H and O–H groups in total. The van der Waals surface area contributed by atoms with Crippen LogP contribution in [0, 0.1) is 11.8 Å². The molecule has 2 aliphatic carbocycles. The van der Waals surface area contributed by atoms with E-state index in [0.717, 1.165) is 35.9 Å². The van der Waals surface area contributed by atoms with Gasteiger partial charge in [-0.15, -0.1) is 0 Å². The number of carbonyl (C=O) groups excluding carboxylic acids is 1. The fourth-order valence-electron chi connectivity index (χ4n) is 4.23. The first-order chi connectivity index (χ1) is 10.8. The summed E-state index contributed by atoms with van der Waals surface area (Å²) in [6.07, 6.45) is 12.4. The van der Waals surface area contributed by atoms with Crippen LogP contribution in [0.25, 0.3) is 0 Å². The summed E-state index contributed by atoms with van der Waals surface area (Å²) in [6.45, 7) is 0.657. The molecule has 1 aliphatic heterocycles. The van der Waals surface area contributed by atoms with Crippen LogP contribution in [-0.4, -0.2) is 21.9 Å². The highest BCUT2D eigenvalue weighted by molar-refractivity contribution is 5.84. The molecule has 2 heterocycles. The molecule has 1 aromatic heterocycles. The molecule has 1 aromatic rings. The van der Waals surface area contributed by atoms with Gasteiger partial charge in [0.1, 0.15) is 12.4 Å². The van der Waals surface area contributed by atoms with E-state index in [1.54, 1.807) is 12.5 Å². The van der Waals surface area contributed by atoms with Crippen LogP contribution in [0.2, 0.25) is 0 Å². The number of aromatic nitrogens is 2. The number of hydrogen-bond donors (Lipinski definition) is 2. The van der Waals surface area contributed by atoms with Crippen molar-refractivity contribution in [2.75, 3.05) is 0 Å². The molecule has 118 valence electrons. The Morgan fingerprint density at radius 1 is 1.14 bits per heavy atom. The fourth-order valence-corrected chi connectivity index (χ4v) is 4.23. The standard InChI is InChI=1S/C17H24N4O/c22-17(16-14-8-18-10-20-15(14)9-19-16)21-13-6-4-12(5-7-13)11-2-1-3-11/h8,10-13,16,19H,1-7,9H2,(H,21,22). The molecule has 3 aliphatic rings. The van der Waals surface area contributed by atoms with Gasteiger partial charge in [-0.2, -0.15) is 0 Å². The van der Waals surface area contributed by atoms with Gasteiger partial charge >= 0.3 is 0 Å². The van der Waals surface area contributed by atoms with Crippen LogP contribution in [-0.2, 0) is 11.3 Å². The van der Waals surface area contributed by atoms with Crippen molar-refractivity contribution in [1.82, 2.24) is 20.6 Å². The normalized spacial score (nSPS) is 31.4. The van der Waals surface area contributed by atoms with E-state index in [2.05, 4.69) is 20.6 Å². The van der Waals surface area contributed by atoms with Gasteiger partial charge in [0.2, 0.25) is 5.91 Å². The Balaban J connectivity index is 1.32. The topological polar surface area (TPSA) is 66.9 Å². The van der Waals surface area contributed by atoms with E-state index in [-0.39, 0.29) is 11.9 Å². The molecule has 0 radical (unpaired) electrons. The molecule has 0 saturated heterocycles. The Kier molecular flexibility index (Phi) is 3.82. The second-order valence-electron chi connectivity index (χ2n) is 7.05. The first-order valence-corrected chi connectivity index (χ1v) is 8.64. The third-order valence-corrected chi connectivity index (χ3v) is 5.81. The van der Waals surface area contributed by atoms with Crippen LogP contribution in [0.5, 0.6) is 0 Å². The molecule has 0 bridgehead atoms. The number of nitrogens with one attached hydrogen (secondary N) is 2. The van der Waals surface area contributed by atoms with Crippen LogP contribution in [0.3, 0.4) is 0 Å². The van der Waals surface area contributed by atoms with Crippen LogP contribution in [0.4, 0.5) is 0 Å². The minimum atomic E-state index is -0.277. The van der Waals surface area contributed by atoms with Gasteiger partial charge in [-0.1, -0.05) is 19.3 Å². The molecular weight excluding hydrogens is 276 g/mol. The number of amides is 1. The number of hydrogen-bond acceptors (Lipinski definition) is 4. The Morgan fingerprint density at radius 2 is 1.91 bits per heavy atom. The zero-order valence-corrected chi connectivity index (χ0v) is 12.9. The largest absolute Gasteiger partial charge is 0.352 e.